The molecule has 144 valence electrons. The first kappa shape index (κ1) is 20.2. The van der Waals surface area contributed by atoms with Crippen molar-refractivity contribution in [3.63, 3.8) is 0 Å². The maximum Gasteiger partial charge on any atom is 0.217 e. The van der Waals surface area contributed by atoms with Crippen molar-refractivity contribution < 1.29 is 4.79 Å². The molecule has 1 aromatic carbocycles. The molecule has 0 aliphatic carbocycles. The lowest BCUT2D eigenvalue weighted by atomic mass is 9.95. The minimum Gasteiger partial charge on any atom is -0.370 e. The number of nitrogens with zero attached hydrogens (tertiary/aromatic N) is 3. The van der Waals surface area contributed by atoms with Crippen LogP contribution >= 0.6 is 0 Å². The Hall–Kier alpha value is -2.08. The van der Waals surface area contributed by atoms with Gasteiger partial charge in [-0.05, 0) is 50.9 Å². The van der Waals surface area contributed by atoms with Gasteiger partial charge in [0, 0.05) is 32.6 Å². The molecule has 3 N–H and O–H groups in total. The number of primary amides is 1. The van der Waals surface area contributed by atoms with Crippen molar-refractivity contribution in [2.45, 2.75) is 39.3 Å². The number of nitrogens with one attached hydrogen (secondary N) is 1. The van der Waals surface area contributed by atoms with E-state index in [0.29, 0.717) is 18.9 Å². The molecule has 1 atom stereocenters. The molecule has 1 unspecified atom stereocenters. The Morgan fingerprint density at radius 1 is 1.31 bits per heavy atom. The highest BCUT2D eigenvalue weighted by Crippen LogP contribution is 2.19. The lowest BCUT2D eigenvalue weighted by Crippen LogP contribution is -2.47. The fourth-order valence-electron chi connectivity index (χ4n) is 3.42. The first-order chi connectivity index (χ1) is 12.5. The van der Waals surface area contributed by atoms with Gasteiger partial charge in [0.1, 0.15) is 0 Å². The number of hydrogen-bond donors (Lipinski definition) is 2. The third kappa shape index (κ3) is 6.67. The molecule has 1 aliphatic heterocycles. The van der Waals surface area contributed by atoms with Gasteiger partial charge in [0.2, 0.25) is 5.91 Å². The zero-order valence-corrected chi connectivity index (χ0v) is 16.4. The summed E-state index contributed by atoms with van der Waals surface area (Å²) in [6, 6.07) is 8.64. The summed E-state index contributed by atoms with van der Waals surface area (Å²) in [6.07, 6.45) is 2.59. The second kappa shape index (κ2) is 10.2. The van der Waals surface area contributed by atoms with Crippen LogP contribution in [0.1, 0.15) is 37.3 Å². The number of amides is 1. The Morgan fingerprint density at radius 2 is 2.00 bits per heavy atom. The van der Waals surface area contributed by atoms with Gasteiger partial charge in [-0.15, -0.1) is 0 Å². The minimum atomic E-state index is -0.211. The molecule has 6 nitrogen and oxygen atoms in total. The van der Waals surface area contributed by atoms with Crippen LogP contribution in [0.5, 0.6) is 0 Å². The SMILES string of the molecule is CCNC(=NCc1ccc(CN(C)C)cc1)N1CCCC(CC(N)=O)C1. The van der Waals surface area contributed by atoms with E-state index >= 15 is 0 Å². The summed E-state index contributed by atoms with van der Waals surface area (Å²) in [5.41, 5.74) is 7.88. The Kier molecular flexibility index (Phi) is 7.91. The van der Waals surface area contributed by atoms with Crippen LogP contribution in [0.3, 0.4) is 0 Å². The van der Waals surface area contributed by atoms with Crippen molar-refractivity contribution >= 4 is 11.9 Å². The van der Waals surface area contributed by atoms with E-state index in [0.717, 1.165) is 45.0 Å². The number of carbonyl (C=O) groups excluding carboxylic acids is 1. The number of guanidine groups is 1. The first-order valence-electron chi connectivity index (χ1n) is 9.52. The smallest absolute Gasteiger partial charge is 0.217 e. The van der Waals surface area contributed by atoms with Gasteiger partial charge >= 0.3 is 0 Å². The highest BCUT2D eigenvalue weighted by Gasteiger charge is 2.23. The molecule has 1 heterocycles. The van der Waals surface area contributed by atoms with E-state index < -0.39 is 0 Å². The molecular weight excluding hydrogens is 326 g/mol. The summed E-state index contributed by atoms with van der Waals surface area (Å²) in [7, 11) is 4.15. The number of likely N-dealkylation sites (tertiary alicyclic amines) is 1. The van der Waals surface area contributed by atoms with E-state index in [1.54, 1.807) is 0 Å². The molecule has 1 aromatic rings. The van der Waals surface area contributed by atoms with Gasteiger partial charge in [-0.2, -0.15) is 0 Å². The summed E-state index contributed by atoms with van der Waals surface area (Å²) in [4.78, 5) is 20.5. The molecular formula is C20H33N5O. The van der Waals surface area contributed by atoms with Crippen molar-refractivity contribution in [1.82, 2.24) is 15.1 Å². The van der Waals surface area contributed by atoms with E-state index in [4.69, 9.17) is 10.7 Å². The topological polar surface area (TPSA) is 74.0 Å². The van der Waals surface area contributed by atoms with Crippen molar-refractivity contribution in [2.24, 2.45) is 16.6 Å². The predicted octanol–water partition coefficient (Wildman–Crippen LogP) is 1.80. The quantitative estimate of drug-likeness (QED) is 0.575. The molecule has 26 heavy (non-hydrogen) atoms. The standard InChI is InChI=1S/C20H33N5O/c1-4-22-20(25-11-5-6-18(15-25)12-19(21)26)23-13-16-7-9-17(10-8-16)14-24(2)3/h7-10,18H,4-6,11-15H2,1-3H3,(H2,21,26)(H,22,23). The van der Waals surface area contributed by atoms with Crippen molar-refractivity contribution in [3.05, 3.63) is 35.4 Å². The van der Waals surface area contributed by atoms with E-state index in [1.165, 1.54) is 11.1 Å². The Morgan fingerprint density at radius 3 is 2.62 bits per heavy atom. The Labute approximate surface area is 157 Å². The fraction of sp³-hybridized carbons (Fsp3) is 0.600. The molecule has 2 rings (SSSR count). The number of rotatable bonds is 7. The van der Waals surface area contributed by atoms with Gasteiger partial charge in [-0.1, -0.05) is 24.3 Å². The maximum atomic E-state index is 11.2. The molecule has 1 fully saturated rings. The van der Waals surface area contributed by atoms with E-state index in [-0.39, 0.29) is 5.91 Å². The number of hydrogen-bond acceptors (Lipinski definition) is 3. The third-order valence-corrected chi connectivity index (χ3v) is 4.58. The van der Waals surface area contributed by atoms with Crippen LogP contribution < -0.4 is 11.1 Å². The molecule has 0 spiro atoms. The number of aliphatic imine (C=N–C) groups is 1. The summed E-state index contributed by atoms with van der Waals surface area (Å²) in [6.45, 7) is 6.33. The zero-order chi connectivity index (χ0) is 18.9. The van der Waals surface area contributed by atoms with E-state index in [9.17, 15) is 4.79 Å². The highest BCUT2D eigenvalue weighted by molar-refractivity contribution is 5.80. The van der Waals surface area contributed by atoms with Crippen molar-refractivity contribution in [1.29, 1.82) is 0 Å². The molecule has 6 heteroatoms. The Bertz CT molecular complexity index is 597. The first-order valence-corrected chi connectivity index (χ1v) is 9.52. The van der Waals surface area contributed by atoms with Gasteiger partial charge < -0.3 is 20.9 Å². The van der Waals surface area contributed by atoms with Crippen LogP contribution in [-0.4, -0.2) is 55.4 Å². The van der Waals surface area contributed by atoms with Crippen LogP contribution in [0.2, 0.25) is 0 Å². The molecule has 0 radical (unpaired) electrons. The predicted molar refractivity (Wildman–Crippen MR) is 107 cm³/mol. The highest BCUT2D eigenvalue weighted by atomic mass is 16.1. The number of benzene rings is 1. The molecule has 0 aromatic heterocycles. The zero-order valence-electron chi connectivity index (χ0n) is 16.4. The number of nitrogens with two attached hydrogens (primary N) is 1. The van der Waals surface area contributed by atoms with Gasteiger partial charge in [0.05, 0.1) is 6.54 Å². The monoisotopic (exact) mass is 359 g/mol. The molecule has 0 saturated carbocycles. The van der Waals surface area contributed by atoms with Crippen LogP contribution in [0.4, 0.5) is 0 Å². The third-order valence-electron chi connectivity index (χ3n) is 4.58. The van der Waals surface area contributed by atoms with Crippen LogP contribution in [0, 0.1) is 5.92 Å². The van der Waals surface area contributed by atoms with Gasteiger partial charge in [-0.25, -0.2) is 4.99 Å². The second-order valence-corrected chi connectivity index (χ2v) is 7.35. The molecule has 1 aliphatic rings. The summed E-state index contributed by atoms with van der Waals surface area (Å²) in [5, 5.41) is 3.39. The fourth-order valence-corrected chi connectivity index (χ4v) is 3.42. The number of carbonyl (C=O) groups is 1. The average Bonchev–Trinajstić information content (AvgIpc) is 2.59. The lowest BCUT2D eigenvalue weighted by Gasteiger charge is -2.34. The van der Waals surface area contributed by atoms with E-state index in [2.05, 4.69) is 60.4 Å². The normalized spacial score (nSPS) is 18.2. The van der Waals surface area contributed by atoms with Crippen molar-refractivity contribution in [3.8, 4) is 0 Å². The average molecular weight is 360 g/mol. The Balaban J connectivity index is 2.00. The molecule has 1 saturated heterocycles. The second-order valence-electron chi connectivity index (χ2n) is 7.35. The van der Waals surface area contributed by atoms with Gasteiger partial charge in [0.25, 0.3) is 0 Å². The van der Waals surface area contributed by atoms with Crippen LogP contribution in [0.15, 0.2) is 29.3 Å². The van der Waals surface area contributed by atoms with Crippen LogP contribution in [-0.2, 0) is 17.9 Å². The largest absolute Gasteiger partial charge is 0.370 e. The molecule has 1 amide bonds. The van der Waals surface area contributed by atoms with Crippen molar-refractivity contribution in [2.75, 3.05) is 33.7 Å². The molecule has 0 bridgehead atoms. The van der Waals surface area contributed by atoms with Gasteiger partial charge in [-0.3, -0.25) is 4.79 Å². The lowest BCUT2D eigenvalue weighted by molar-refractivity contribution is -0.119. The summed E-state index contributed by atoms with van der Waals surface area (Å²) in [5.74, 6) is 1.05. The van der Waals surface area contributed by atoms with Crippen LogP contribution in [0.25, 0.3) is 0 Å². The number of piperidine rings is 1. The minimum absolute atomic E-state index is 0.211. The maximum absolute atomic E-state index is 11.2. The van der Waals surface area contributed by atoms with E-state index in [1.807, 2.05) is 0 Å². The summed E-state index contributed by atoms with van der Waals surface area (Å²) >= 11 is 0. The summed E-state index contributed by atoms with van der Waals surface area (Å²) < 4.78 is 0. The van der Waals surface area contributed by atoms with Gasteiger partial charge in [0.15, 0.2) is 5.96 Å².